The Morgan fingerprint density at radius 1 is 1.14 bits per heavy atom. The van der Waals surface area contributed by atoms with Gasteiger partial charge in [0.25, 0.3) is 0 Å². The Labute approximate surface area is 172 Å². The molecule has 0 spiro atoms. The van der Waals surface area contributed by atoms with Crippen LogP contribution in [0.5, 0.6) is 11.5 Å². The minimum atomic E-state index is -0.660. The number of nitrogens with zero attached hydrogens (tertiary/aromatic N) is 1. The molecule has 6 nitrogen and oxygen atoms in total. The van der Waals surface area contributed by atoms with E-state index in [0.717, 1.165) is 23.7 Å². The van der Waals surface area contributed by atoms with Gasteiger partial charge in [-0.1, -0.05) is 13.0 Å². The lowest BCUT2D eigenvalue weighted by Gasteiger charge is -2.29. The zero-order valence-electron chi connectivity index (χ0n) is 17.8. The van der Waals surface area contributed by atoms with Crippen molar-refractivity contribution < 1.29 is 23.8 Å². The Balaban J connectivity index is 1.63. The Morgan fingerprint density at radius 3 is 2.52 bits per heavy atom. The van der Waals surface area contributed by atoms with Crippen LogP contribution in [0.3, 0.4) is 0 Å². The maximum atomic E-state index is 12.5. The van der Waals surface area contributed by atoms with Crippen LogP contribution < -0.4 is 9.47 Å². The van der Waals surface area contributed by atoms with Gasteiger partial charge in [0.15, 0.2) is 11.5 Å². The second-order valence-corrected chi connectivity index (χ2v) is 9.12. The number of rotatable bonds is 5. The van der Waals surface area contributed by atoms with Crippen LogP contribution in [0.2, 0.25) is 0 Å². The number of hydrogen-bond acceptors (Lipinski definition) is 5. The SMILES string of the molecule is COC(=O)N1C[C@@H](c2ccc(OC)c(OC3CC4CCC3C4)c2)[C@](C)(C(C)=O)C1. The molecule has 0 aromatic heterocycles. The molecule has 1 aromatic rings. The molecule has 3 unspecified atom stereocenters. The van der Waals surface area contributed by atoms with E-state index >= 15 is 0 Å². The van der Waals surface area contributed by atoms with Gasteiger partial charge in [-0.05, 0) is 62.1 Å². The number of ether oxygens (including phenoxy) is 3. The number of amides is 1. The summed E-state index contributed by atoms with van der Waals surface area (Å²) in [6, 6.07) is 5.91. The first-order chi connectivity index (χ1) is 13.9. The van der Waals surface area contributed by atoms with Crippen molar-refractivity contribution in [3.8, 4) is 11.5 Å². The molecule has 6 heteroatoms. The third kappa shape index (κ3) is 3.47. The number of likely N-dealkylation sites (tertiary alicyclic amines) is 1. The normalized spacial score (nSPS) is 33.0. The number of Topliss-reactive ketones (excluding diaryl/α,β-unsaturated/α-hetero) is 1. The smallest absolute Gasteiger partial charge is 0.409 e. The first-order valence-corrected chi connectivity index (χ1v) is 10.5. The van der Waals surface area contributed by atoms with E-state index in [1.165, 1.54) is 26.4 Å². The fraction of sp³-hybridized carbons (Fsp3) is 0.652. The number of ketones is 1. The van der Waals surface area contributed by atoms with Crippen LogP contribution in [0.4, 0.5) is 4.79 Å². The summed E-state index contributed by atoms with van der Waals surface area (Å²) >= 11 is 0. The first kappa shape index (κ1) is 20.0. The molecule has 0 N–H and O–H groups in total. The quantitative estimate of drug-likeness (QED) is 0.745. The summed E-state index contributed by atoms with van der Waals surface area (Å²) in [5.74, 6) is 2.84. The summed E-state index contributed by atoms with van der Waals surface area (Å²) < 4.78 is 16.9. The molecule has 1 aromatic carbocycles. The zero-order chi connectivity index (χ0) is 20.8. The molecule has 1 saturated heterocycles. The molecule has 1 aliphatic heterocycles. The fourth-order valence-electron chi connectivity index (χ4n) is 5.59. The van der Waals surface area contributed by atoms with E-state index in [0.29, 0.717) is 24.8 Å². The number of carbonyl (C=O) groups is 2. The van der Waals surface area contributed by atoms with Crippen molar-refractivity contribution in [1.82, 2.24) is 4.90 Å². The summed E-state index contributed by atoms with van der Waals surface area (Å²) in [6.07, 6.45) is 4.80. The second-order valence-electron chi connectivity index (χ2n) is 9.12. The van der Waals surface area contributed by atoms with Gasteiger partial charge in [-0.25, -0.2) is 4.79 Å². The molecule has 158 valence electrons. The topological polar surface area (TPSA) is 65.1 Å². The molecule has 3 fully saturated rings. The average Bonchev–Trinajstić information content (AvgIpc) is 3.42. The molecule has 0 radical (unpaired) electrons. The number of fused-ring (bicyclic) bond motifs is 2. The largest absolute Gasteiger partial charge is 0.493 e. The number of carbonyl (C=O) groups excluding carboxylic acids is 2. The second kappa shape index (κ2) is 7.54. The molecule has 29 heavy (non-hydrogen) atoms. The van der Waals surface area contributed by atoms with E-state index in [-0.39, 0.29) is 17.8 Å². The van der Waals surface area contributed by atoms with Crippen LogP contribution in [-0.4, -0.2) is 50.2 Å². The highest BCUT2D eigenvalue weighted by Gasteiger charge is 2.49. The minimum absolute atomic E-state index is 0.0697. The van der Waals surface area contributed by atoms with Crippen molar-refractivity contribution in [1.29, 1.82) is 0 Å². The number of methoxy groups -OCH3 is 2. The van der Waals surface area contributed by atoms with Crippen LogP contribution in [0.15, 0.2) is 18.2 Å². The van der Waals surface area contributed by atoms with Crippen LogP contribution >= 0.6 is 0 Å². The van der Waals surface area contributed by atoms with Crippen LogP contribution in [0.25, 0.3) is 0 Å². The van der Waals surface area contributed by atoms with Gasteiger partial charge in [0.05, 0.1) is 19.6 Å². The lowest BCUT2D eigenvalue weighted by molar-refractivity contribution is -0.125. The third-order valence-electron chi connectivity index (χ3n) is 7.47. The Kier molecular flexibility index (Phi) is 5.21. The van der Waals surface area contributed by atoms with Crippen molar-refractivity contribution >= 4 is 11.9 Å². The van der Waals surface area contributed by atoms with Gasteiger partial charge in [-0.15, -0.1) is 0 Å². The predicted octanol–water partition coefficient (Wildman–Crippen LogP) is 4.02. The van der Waals surface area contributed by atoms with Crippen molar-refractivity contribution in [3.05, 3.63) is 23.8 Å². The zero-order valence-corrected chi connectivity index (χ0v) is 17.8. The average molecular weight is 402 g/mol. The van der Waals surface area contributed by atoms with Gasteiger partial charge in [0, 0.05) is 19.0 Å². The summed E-state index contributed by atoms with van der Waals surface area (Å²) in [7, 11) is 3.02. The van der Waals surface area contributed by atoms with Crippen molar-refractivity contribution in [2.45, 2.75) is 51.6 Å². The maximum absolute atomic E-state index is 12.5. The molecule has 2 bridgehead atoms. The summed E-state index contributed by atoms with van der Waals surface area (Å²) in [6.45, 7) is 4.34. The van der Waals surface area contributed by atoms with Gasteiger partial charge in [0.1, 0.15) is 11.9 Å². The highest BCUT2D eigenvalue weighted by molar-refractivity contribution is 5.85. The van der Waals surface area contributed by atoms with Crippen LogP contribution in [-0.2, 0) is 9.53 Å². The van der Waals surface area contributed by atoms with E-state index in [2.05, 4.69) is 0 Å². The molecule has 4 rings (SSSR count). The van der Waals surface area contributed by atoms with E-state index in [1.807, 2.05) is 25.1 Å². The monoisotopic (exact) mass is 401 g/mol. The van der Waals surface area contributed by atoms with Crippen molar-refractivity contribution in [2.75, 3.05) is 27.3 Å². The minimum Gasteiger partial charge on any atom is -0.493 e. The fourth-order valence-corrected chi connectivity index (χ4v) is 5.59. The van der Waals surface area contributed by atoms with Gasteiger partial charge < -0.3 is 19.1 Å². The lowest BCUT2D eigenvalue weighted by atomic mass is 9.73. The Hall–Kier alpha value is -2.24. The van der Waals surface area contributed by atoms with E-state index in [1.54, 1.807) is 18.9 Å². The molecule has 2 saturated carbocycles. The molecular formula is C23H31NO5. The van der Waals surface area contributed by atoms with Crippen LogP contribution in [0.1, 0.15) is 51.0 Å². The van der Waals surface area contributed by atoms with Gasteiger partial charge in [-0.2, -0.15) is 0 Å². The predicted molar refractivity (Wildman–Crippen MR) is 108 cm³/mol. The first-order valence-electron chi connectivity index (χ1n) is 10.5. The molecule has 5 atom stereocenters. The summed E-state index contributed by atoms with van der Waals surface area (Å²) in [5.41, 5.74) is 0.333. The maximum Gasteiger partial charge on any atom is 0.409 e. The standard InChI is InChI=1S/C23H31NO5/c1-14(25)23(2)13-24(22(26)28-4)12-18(23)16-7-8-19(27-3)21(11-16)29-20-10-15-5-6-17(20)9-15/h7-8,11,15,17-18,20H,5-6,9-10,12-13H2,1-4H3/t15?,17?,18-,20?,23-/m0/s1. The highest BCUT2D eigenvalue weighted by Crippen LogP contribution is 2.48. The van der Waals surface area contributed by atoms with Crippen molar-refractivity contribution in [3.63, 3.8) is 0 Å². The van der Waals surface area contributed by atoms with Gasteiger partial charge in [-0.3, -0.25) is 4.79 Å². The molecule has 2 aliphatic carbocycles. The summed E-state index contributed by atoms with van der Waals surface area (Å²) in [4.78, 5) is 26.3. The molecule has 3 aliphatic rings. The lowest BCUT2D eigenvalue weighted by Crippen LogP contribution is -2.35. The third-order valence-corrected chi connectivity index (χ3v) is 7.47. The van der Waals surface area contributed by atoms with Gasteiger partial charge in [0.2, 0.25) is 0 Å². The molecular weight excluding hydrogens is 370 g/mol. The van der Waals surface area contributed by atoms with Crippen LogP contribution in [0, 0.1) is 17.3 Å². The van der Waals surface area contributed by atoms with E-state index < -0.39 is 11.5 Å². The number of benzene rings is 1. The number of hydrogen-bond donors (Lipinski definition) is 0. The Bertz CT molecular complexity index is 808. The van der Waals surface area contributed by atoms with Crippen molar-refractivity contribution in [2.24, 2.45) is 17.3 Å². The molecule has 1 heterocycles. The molecule has 1 amide bonds. The Morgan fingerprint density at radius 2 is 1.93 bits per heavy atom. The summed E-state index contributed by atoms with van der Waals surface area (Å²) in [5, 5.41) is 0. The van der Waals surface area contributed by atoms with E-state index in [4.69, 9.17) is 14.2 Å². The van der Waals surface area contributed by atoms with Gasteiger partial charge >= 0.3 is 6.09 Å². The highest BCUT2D eigenvalue weighted by atomic mass is 16.5. The van der Waals surface area contributed by atoms with E-state index in [9.17, 15) is 9.59 Å².